The van der Waals surface area contributed by atoms with Gasteiger partial charge in [-0.25, -0.2) is 14.2 Å². The highest BCUT2D eigenvalue weighted by atomic mass is 19.1. The number of amidine groups is 1. The number of aliphatic imine (C=N–C) groups is 1. The summed E-state index contributed by atoms with van der Waals surface area (Å²) >= 11 is 0. The Kier molecular flexibility index (Phi) is 4.25. The Balaban J connectivity index is 1.68. The van der Waals surface area contributed by atoms with Gasteiger partial charge in [0.2, 0.25) is 0 Å². The lowest BCUT2D eigenvalue weighted by atomic mass is 9.94. The number of benzene rings is 1. The molecule has 0 saturated carbocycles. The van der Waals surface area contributed by atoms with E-state index in [1.165, 1.54) is 6.07 Å². The first-order chi connectivity index (χ1) is 11.5. The molecule has 1 aromatic carbocycles. The Labute approximate surface area is 138 Å². The van der Waals surface area contributed by atoms with Gasteiger partial charge >= 0.3 is 6.09 Å². The van der Waals surface area contributed by atoms with Crippen LogP contribution in [0, 0.1) is 17.1 Å². The number of halogens is 1. The van der Waals surface area contributed by atoms with Crippen LogP contribution in [0.15, 0.2) is 23.2 Å². The SMILES string of the molecule is N#CCCOC(=O)N1CCC2(CC1)N=C(N)c1c(F)cccc1N2. The summed E-state index contributed by atoms with van der Waals surface area (Å²) in [5, 5.41) is 11.7. The van der Waals surface area contributed by atoms with E-state index in [0.717, 1.165) is 0 Å². The topological polar surface area (TPSA) is 104 Å². The van der Waals surface area contributed by atoms with Gasteiger partial charge in [0.05, 0.1) is 18.1 Å². The van der Waals surface area contributed by atoms with Crippen molar-refractivity contribution in [2.75, 3.05) is 25.0 Å². The van der Waals surface area contributed by atoms with E-state index in [1.54, 1.807) is 17.0 Å². The molecule has 1 saturated heterocycles. The molecule has 126 valence electrons. The highest BCUT2D eigenvalue weighted by molar-refractivity contribution is 6.04. The summed E-state index contributed by atoms with van der Waals surface area (Å²) in [6.45, 7) is 0.979. The Bertz CT molecular complexity index is 720. The molecule has 1 fully saturated rings. The lowest BCUT2D eigenvalue weighted by molar-refractivity contribution is 0.0881. The molecule has 0 aliphatic carbocycles. The number of anilines is 1. The van der Waals surface area contributed by atoms with Crippen LogP contribution in [0.1, 0.15) is 24.8 Å². The van der Waals surface area contributed by atoms with Gasteiger partial charge in [0.1, 0.15) is 23.9 Å². The van der Waals surface area contributed by atoms with Crippen LogP contribution >= 0.6 is 0 Å². The van der Waals surface area contributed by atoms with Gasteiger partial charge < -0.3 is 20.7 Å². The third-order valence-corrected chi connectivity index (χ3v) is 4.26. The predicted molar refractivity (Wildman–Crippen MR) is 85.9 cm³/mol. The van der Waals surface area contributed by atoms with Crippen molar-refractivity contribution in [1.82, 2.24) is 4.90 Å². The number of rotatable bonds is 2. The number of carbonyl (C=O) groups is 1. The summed E-state index contributed by atoms with van der Waals surface area (Å²) in [7, 11) is 0. The minimum Gasteiger partial charge on any atom is -0.448 e. The average molecular weight is 331 g/mol. The molecule has 24 heavy (non-hydrogen) atoms. The number of amides is 1. The summed E-state index contributed by atoms with van der Waals surface area (Å²) in [6, 6.07) is 6.66. The maximum atomic E-state index is 13.9. The molecule has 1 aromatic rings. The monoisotopic (exact) mass is 331 g/mol. The fourth-order valence-corrected chi connectivity index (χ4v) is 3.03. The van der Waals surface area contributed by atoms with Crippen molar-refractivity contribution < 1.29 is 13.9 Å². The van der Waals surface area contributed by atoms with E-state index < -0.39 is 17.6 Å². The molecule has 2 aliphatic rings. The number of nitriles is 1. The van der Waals surface area contributed by atoms with Crippen LogP contribution in [-0.4, -0.2) is 42.2 Å². The Morgan fingerprint density at radius 2 is 2.25 bits per heavy atom. The second-order valence-corrected chi connectivity index (χ2v) is 5.83. The second-order valence-electron chi connectivity index (χ2n) is 5.83. The van der Waals surface area contributed by atoms with E-state index >= 15 is 0 Å². The van der Waals surface area contributed by atoms with Crippen LogP contribution in [0.5, 0.6) is 0 Å². The summed E-state index contributed by atoms with van der Waals surface area (Å²) in [4.78, 5) is 18.0. The van der Waals surface area contributed by atoms with Crippen molar-refractivity contribution >= 4 is 17.6 Å². The number of nitrogens with one attached hydrogen (secondary N) is 1. The zero-order chi connectivity index (χ0) is 17.2. The van der Waals surface area contributed by atoms with E-state index in [1.807, 2.05) is 6.07 Å². The first-order valence-corrected chi connectivity index (χ1v) is 7.76. The zero-order valence-electron chi connectivity index (χ0n) is 13.1. The first-order valence-electron chi connectivity index (χ1n) is 7.76. The summed E-state index contributed by atoms with van der Waals surface area (Å²) in [6.07, 6.45) is 0.821. The molecule has 1 amide bonds. The molecule has 0 radical (unpaired) electrons. The zero-order valence-corrected chi connectivity index (χ0v) is 13.1. The van der Waals surface area contributed by atoms with Crippen molar-refractivity contribution in [3.63, 3.8) is 0 Å². The number of piperidine rings is 1. The molecule has 0 aromatic heterocycles. The van der Waals surface area contributed by atoms with Crippen LogP contribution in [0.3, 0.4) is 0 Å². The van der Waals surface area contributed by atoms with E-state index in [4.69, 9.17) is 15.7 Å². The van der Waals surface area contributed by atoms with Crippen LogP contribution in [0.25, 0.3) is 0 Å². The van der Waals surface area contributed by atoms with Gasteiger partial charge in [-0.1, -0.05) is 6.07 Å². The van der Waals surface area contributed by atoms with Crippen molar-refractivity contribution in [1.29, 1.82) is 5.26 Å². The molecule has 0 bridgehead atoms. The lowest BCUT2D eigenvalue weighted by Gasteiger charge is -2.42. The molecule has 3 rings (SSSR count). The second kappa shape index (κ2) is 6.35. The van der Waals surface area contributed by atoms with E-state index in [2.05, 4.69) is 10.3 Å². The van der Waals surface area contributed by atoms with Crippen LogP contribution in [0.4, 0.5) is 14.9 Å². The van der Waals surface area contributed by atoms with Gasteiger partial charge in [0.15, 0.2) is 0 Å². The number of hydrogen-bond donors (Lipinski definition) is 2. The van der Waals surface area contributed by atoms with Gasteiger partial charge in [-0.3, -0.25) is 0 Å². The smallest absolute Gasteiger partial charge is 0.409 e. The van der Waals surface area contributed by atoms with Crippen molar-refractivity contribution in [2.24, 2.45) is 10.7 Å². The maximum Gasteiger partial charge on any atom is 0.409 e. The predicted octanol–water partition coefficient (Wildman–Crippen LogP) is 1.80. The Hall–Kier alpha value is -2.82. The highest BCUT2D eigenvalue weighted by Crippen LogP contribution is 2.35. The van der Waals surface area contributed by atoms with Crippen molar-refractivity contribution in [3.8, 4) is 6.07 Å². The first kappa shape index (κ1) is 16.1. The largest absolute Gasteiger partial charge is 0.448 e. The number of ether oxygens (including phenoxy) is 1. The number of carbonyl (C=O) groups excluding carboxylic acids is 1. The third-order valence-electron chi connectivity index (χ3n) is 4.26. The maximum absolute atomic E-state index is 13.9. The molecule has 3 N–H and O–H groups in total. The highest BCUT2D eigenvalue weighted by Gasteiger charge is 2.39. The summed E-state index contributed by atoms with van der Waals surface area (Å²) in [5.74, 6) is -0.235. The normalized spacial score (nSPS) is 18.2. The Morgan fingerprint density at radius 3 is 2.96 bits per heavy atom. The van der Waals surface area contributed by atoms with Gasteiger partial charge in [-0.2, -0.15) is 5.26 Å². The summed E-state index contributed by atoms with van der Waals surface area (Å²) < 4.78 is 18.9. The molecule has 8 heteroatoms. The number of fused-ring (bicyclic) bond motifs is 1. The number of hydrogen-bond acceptors (Lipinski definition) is 6. The van der Waals surface area contributed by atoms with Crippen LogP contribution < -0.4 is 11.1 Å². The Morgan fingerprint density at radius 1 is 1.50 bits per heavy atom. The van der Waals surface area contributed by atoms with Crippen LogP contribution in [0.2, 0.25) is 0 Å². The molecule has 7 nitrogen and oxygen atoms in total. The van der Waals surface area contributed by atoms with E-state index in [-0.39, 0.29) is 18.9 Å². The minimum absolute atomic E-state index is 0.0903. The molecule has 0 unspecified atom stereocenters. The minimum atomic E-state index is -0.631. The van der Waals surface area contributed by atoms with E-state index in [9.17, 15) is 9.18 Å². The molecular formula is C16H18FN5O2. The van der Waals surface area contributed by atoms with Gasteiger partial charge in [-0.15, -0.1) is 0 Å². The lowest BCUT2D eigenvalue weighted by Crippen LogP contribution is -2.52. The standard InChI is InChI=1S/C16H18FN5O2/c17-11-3-1-4-12-13(11)14(19)21-16(20-12)5-8-22(9-6-16)15(23)24-10-2-7-18/h1,3-4,20H,2,5-6,8-10H2,(H2,19,21). The van der Waals surface area contributed by atoms with Gasteiger partial charge in [-0.05, 0) is 12.1 Å². The quantitative estimate of drug-likeness (QED) is 0.804. The third kappa shape index (κ3) is 2.97. The van der Waals surface area contributed by atoms with Crippen molar-refractivity contribution in [3.05, 3.63) is 29.6 Å². The number of nitrogens with two attached hydrogens (primary N) is 1. The molecule has 0 atom stereocenters. The summed E-state index contributed by atoms with van der Waals surface area (Å²) in [5.41, 5.74) is 6.24. The molecule has 1 spiro atoms. The number of nitrogens with zero attached hydrogens (tertiary/aromatic N) is 3. The number of likely N-dealkylation sites (tertiary alicyclic amines) is 1. The average Bonchev–Trinajstić information content (AvgIpc) is 2.55. The van der Waals surface area contributed by atoms with Crippen LogP contribution in [-0.2, 0) is 4.74 Å². The molecular weight excluding hydrogens is 313 g/mol. The molecule has 2 aliphatic heterocycles. The fourth-order valence-electron chi connectivity index (χ4n) is 3.03. The fraction of sp³-hybridized carbons (Fsp3) is 0.438. The van der Waals surface area contributed by atoms with Gasteiger partial charge in [0, 0.05) is 31.6 Å². The van der Waals surface area contributed by atoms with Crippen molar-refractivity contribution in [2.45, 2.75) is 24.9 Å². The molecule has 2 heterocycles. The van der Waals surface area contributed by atoms with Gasteiger partial charge in [0.25, 0.3) is 0 Å². The van der Waals surface area contributed by atoms with E-state index in [0.29, 0.717) is 37.2 Å².